The van der Waals surface area contributed by atoms with Gasteiger partial charge in [0.15, 0.2) is 0 Å². The summed E-state index contributed by atoms with van der Waals surface area (Å²) in [4.78, 5) is 26.8. The van der Waals surface area contributed by atoms with E-state index in [9.17, 15) is 18.4 Å². The van der Waals surface area contributed by atoms with Gasteiger partial charge in [-0.25, -0.2) is 13.6 Å². The number of carbonyl (C=O) groups excluding carboxylic acids is 1. The molecule has 0 unspecified atom stereocenters. The predicted octanol–water partition coefficient (Wildman–Crippen LogP) is 6.91. The van der Waals surface area contributed by atoms with Crippen LogP contribution in [0.2, 0.25) is 0 Å². The van der Waals surface area contributed by atoms with E-state index in [1.807, 2.05) is 32.9 Å². The van der Waals surface area contributed by atoms with E-state index in [4.69, 9.17) is 5.11 Å². The lowest BCUT2D eigenvalue weighted by Crippen LogP contribution is -2.32. The second-order valence-corrected chi connectivity index (χ2v) is 11.7. The van der Waals surface area contributed by atoms with Crippen LogP contribution in [-0.4, -0.2) is 44.8 Å². The van der Waals surface area contributed by atoms with Gasteiger partial charge in [-0.1, -0.05) is 12.1 Å². The quantitative estimate of drug-likeness (QED) is 0.251. The van der Waals surface area contributed by atoms with Crippen molar-refractivity contribution in [1.29, 1.82) is 0 Å². The number of nitrogens with one attached hydrogen (secondary N) is 1. The Morgan fingerprint density at radius 1 is 0.976 bits per heavy atom. The van der Waals surface area contributed by atoms with Gasteiger partial charge < -0.3 is 10.4 Å². The van der Waals surface area contributed by atoms with Crippen LogP contribution in [0.4, 0.5) is 14.5 Å². The average Bonchev–Trinajstić information content (AvgIpc) is 3.42. The van der Waals surface area contributed by atoms with E-state index in [1.54, 1.807) is 35.0 Å². The molecule has 1 fully saturated rings. The summed E-state index contributed by atoms with van der Waals surface area (Å²) in [6.45, 7) is 7.86. The van der Waals surface area contributed by atoms with Crippen molar-refractivity contribution in [3.05, 3.63) is 107 Å². The highest BCUT2D eigenvalue weighted by Crippen LogP contribution is 2.31. The number of anilines is 1. The number of hydrogen-bond acceptors (Lipinski definition) is 4. The van der Waals surface area contributed by atoms with Crippen LogP contribution in [0.15, 0.2) is 72.9 Å². The van der Waals surface area contributed by atoms with Crippen LogP contribution in [0.5, 0.6) is 0 Å². The standard InChI is InChI=1S/C33H34F2N4O3/c1-33(2,3)39-30(23-8-10-26(34)11-9-23)28(19-36-39)31(40)37-27-12-13-29(35)25(18-27)20-38-16-14-22(15-17-38)21-4-6-24(7-5-21)32(41)42/h4-13,18-19,22H,14-17,20H2,1-3H3,(H,37,40)(H,41,42). The van der Waals surface area contributed by atoms with E-state index in [0.717, 1.165) is 31.5 Å². The van der Waals surface area contributed by atoms with Crippen LogP contribution in [0.1, 0.15) is 71.4 Å². The van der Waals surface area contributed by atoms with Gasteiger partial charge in [0.2, 0.25) is 0 Å². The summed E-state index contributed by atoms with van der Waals surface area (Å²) in [5.74, 6) is -1.72. The van der Waals surface area contributed by atoms with E-state index in [2.05, 4.69) is 15.3 Å². The molecule has 1 saturated heterocycles. The van der Waals surface area contributed by atoms with Crippen molar-refractivity contribution >= 4 is 17.6 Å². The first-order valence-electron chi connectivity index (χ1n) is 14.0. The molecule has 1 aliphatic heterocycles. The molecule has 0 aliphatic carbocycles. The zero-order valence-electron chi connectivity index (χ0n) is 23.9. The van der Waals surface area contributed by atoms with Gasteiger partial charge >= 0.3 is 5.97 Å². The maximum Gasteiger partial charge on any atom is 0.335 e. The monoisotopic (exact) mass is 572 g/mol. The lowest BCUT2D eigenvalue weighted by Gasteiger charge is -2.32. The third-order valence-corrected chi connectivity index (χ3v) is 7.68. The van der Waals surface area contributed by atoms with E-state index in [0.29, 0.717) is 40.5 Å². The van der Waals surface area contributed by atoms with Gasteiger partial charge in [0.05, 0.1) is 28.6 Å². The maximum absolute atomic E-state index is 14.9. The van der Waals surface area contributed by atoms with E-state index >= 15 is 0 Å². The molecule has 1 amide bonds. The molecule has 5 rings (SSSR count). The minimum Gasteiger partial charge on any atom is -0.478 e. The number of halogens is 2. The molecule has 9 heteroatoms. The number of amides is 1. The van der Waals surface area contributed by atoms with Gasteiger partial charge in [0, 0.05) is 23.4 Å². The Labute approximate surface area is 243 Å². The van der Waals surface area contributed by atoms with Crippen molar-refractivity contribution in [2.24, 2.45) is 0 Å². The van der Waals surface area contributed by atoms with Gasteiger partial charge in [-0.05, 0) is 113 Å². The predicted molar refractivity (Wildman–Crippen MR) is 158 cm³/mol. The molecular formula is C33H34F2N4O3. The minimum atomic E-state index is -0.940. The fraction of sp³-hybridized carbons (Fsp3) is 0.303. The first-order valence-corrected chi connectivity index (χ1v) is 14.0. The SMILES string of the molecule is CC(C)(C)n1ncc(C(=O)Nc2ccc(F)c(CN3CCC(c4ccc(C(=O)O)cc4)CC3)c2)c1-c1ccc(F)cc1. The smallest absolute Gasteiger partial charge is 0.335 e. The molecule has 0 radical (unpaired) electrons. The first-order chi connectivity index (χ1) is 20.0. The summed E-state index contributed by atoms with van der Waals surface area (Å²) < 4.78 is 30.2. The van der Waals surface area contributed by atoms with E-state index in [-0.39, 0.29) is 17.2 Å². The molecule has 0 spiro atoms. The minimum absolute atomic E-state index is 0.272. The number of piperidine rings is 1. The van der Waals surface area contributed by atoms with Crippen molar-refractivity contribution in [2.45, 2.75) is 51.6 Å². The van der Waals surface area contributed by atoms with Crippen molar-refractivity contribution in [3.63, 3.8) is 0 Å². The number of nitrogens with zero attached hydrogens (tertiary/aromatic N) is 3. The summed E-state index contributed by atoms with van der Waals surface area (Å²) >= 11 is 0. The number of aromatic carboxylic acids is 1. The molecule has 0 bridgehead atoms. The molecule has 1 aromatic heterocycles. The number of likely N-dealkylation sites (tertiary alicyclic amines) is 1. The lowest BCUT2D eigenvalue weighted by atomic mass is 9.89. The molecule has 2 N–H and O–H groups in total. The molecule has 218 valence electrons. The van der Waals surface area contributed by atoms with Crippen LogP contribution in [0.3, 0.4) is 0 Å². The summed E-state index contributed by atoms with van der Waals surface area (Å²) in [5.41, 5.74) is 3.48. The topological polar surface area (TPSA) is 87.5 Å². The fourth-order valence-electron chi connectivity index (χ4n) is 5.44. The molecular weight excluding hydrogens is 538 g/mol. The lowest BCUT2D eigenvalue weighted by molar-refractivity contribution is 0.0696. The van der Waals surface area contributed by atoms with Gasteiger partial charge in [-0.3, -0.25) is 14.4 Å². The van der Waals surface area contributed by atoms with E-state index in [1.165, 1.54) is 30.5 Å². The molecule has 42 heavy (non-hydrogen) atoms. The third-order valence-electron chi connectivity index (χ3n) is 7.68. The van der Waals surface area contributed by atoms with Crippen LogP contribution in [-0.2, 0) is 12.1 Å². The van der Waals surface area contributed by atoms with Crippen molar-refractivity contribution in [1.82, 2.24) is 14.7 Å². The Hall–Kier alpha value is -4.37. The Balaban J connectivity index is 1.28. The highest BCUT2D eigenvalue weighted by atomic mass is 19.1. The zero-order chi connectivity index (χ0) is 30.0. The fourth-order valence-corrected chi connectivity index (χ4v) is 5.44. The molecule has 7 nitrogen and oxygen atoms in total. The Kier molecular flexibility index (Phi) is 8.22. The van der Waals surface area contributed by atoms with Crippen LogP contribution in [0, 0.1) is 11.6 Å². The van der Waals surface area contributed by atoms with Gasteiger partial charge in [-0.2, -0.15) is 5.10 Å². The first kappa shape index (κ1) is 29.1. The normalized spacial score (nSPS) is 14.6. The van der Waals surface area contributed by atoms with Gasteiger partial charge in [-0.15, -0.1) is 0 Å². The molecule has 1 aliphatic rings. The summed E-state index contributed by atoms with van der Waals surface area (Å²) in [6, 6.07) is 17.5. The number of rotatable bonds is 7. The highest BCUT2D eigenvalue weighted by molar-refractivity contribution is 6.08. The number of hydrogen-bond donors (Lipinski definition) is 2. The van der Waals surface area contributed by atoms with Crippen molar-refractivity contribution in [3.8, 4) is 11.3 Å². The van der Waals surface area contributed by atoms with Gasteiger partial charge in [0.1, 0.15) is 11.6 Å². The molecule has 0 atom stereocenters. The van der Waals surface area contributed by atoms with Crippen molar-refractivity contribution < 1.29 is 23.5 Å². The van der Waals surface area contributed by atoms with E-state index < -0.39 is 17.4 Å². The number of carboxylic acid groups (broad SMARTS) is 1. The Morgan fingerprint density at radius 2 is 1.64 bits per heavy atom. The number of benzene rings is 3. The summed E-state index contributed by atoms with van der Waals surface area (Å²) in [6.07, 6.45) is 3.27. The van der Waals surface area contributed by atoms with Crippen LogP contribution in [0.25, 0.3) is 11.3 Å². The van der Waals surface area contributed by atoms with Crippen molar-refractivity contribution in [2.75, 3.05) is 18.4 Å². The second kappa shape index (κ2) is 11.9. The second-order valence-electron chi connectivity index (χ2n) is 11.7. The average molecular weight is 573 g/mol. The number of carboxylic acids is 1. The molecule has 0 saturated carbocycles. The maximum atomic E-state index is 14.9. The van der Waals surface area contributed by atoms with Crippen LogP contribution >= 0.6 is 0 Å². The number of carbonyl (C=O) groups is 2. The largest absolute Gasteiger partial charge is 0.478 e. The Bertz CT molecular complexity index is 1580. The molecule has 3 aromatic carbocycles. The van der Waals surface area contributed by atoms with Crippen LogP contribution < -0.4 is 5.32 Å². The summed E-state index contributed by atoms with van der Waals surface area (Å²) in [7, 11) is 0. The highest BCUT2D eigenvalue weighted by Gasteiger charge is 2.26. The molecule has 4 aromatic rings. The molecule has 2 heterocycles. The van der Waals surface area contributed by atoms with Gasteiger partial charge in [0.25, 0.3) is 5.91 Å². The summed E-state index contributed by atoms with van der Waals surface area (Å²) in [5, 5.41) is 16.5. The Morgan fingerprint density at radius 3 is 2.26 bits per heavy atom. The third kappa shape index (κ3) is 6.41. The number of aromatic nitrogens is 2. The zero-order valence-corrected chi connectivity index (χ0v) is 23.9.